The minimum atomic E-state index is -0.857. The van der Waals surface area contributed by atoms with Gasteiger partial charge in [0.25, 0.3) is 5.78 Å². The Labute approximate surface area is 205 Å². The predicted octanol–water partition coefficient (Wildman–Crippen LogP) is 5.25. The number of amides is 1. The van der Waals surface area contributed by atoms with Gasteiger partial charge in [-0.25, -0.2) is 4.98 Å². The molecule has 0 unspecified atom stereocenters. The first kappa shape index (κ1) is 22.6. The van der Waals surface area contributed by atoms with Crippen molar-refractivity contribution in [1.82, 2.24) is 4.98 Å². The third-order valence-electron chi connectivity index (χ3n) is 5.99. The van der Waals surface area contributed by atoms with Crippen molar-refractivity contribution >= 4 is 44.1 Å². The summed E-state index contributed by atoms with van der Waals surface area (Å²) in [5.74, 6) is -0.433. The standard InChI is InChI=1S/C27H22N2O5S/c1-15-4-6-17(7-5-15)24(30)22-23(16-8-10-18(33-2)11-9-16)29(26(32)25(22)31)27-28-20-13-12-19(34-3)14-21(20)35-27/h4-14,23,30H,1-3H3/b24-22+/t23-/m0/s1. The molecule has 1 aliphatic heterocycles. The van der Waals surface area contributed by atoms with Crippen molar-refractivity contribution in [2.75, 3.05) is 19.1 Å². The highest BCUT2D eigenvalue weighted by Crippen LogP contribution is 2.44. The molecule has 7 nitrogen and oxygen atoms in total. The number of ketones is 1. The van der Waals surface area contributed by atoms with Crippen LogP contribution in [0.4, 0.5) is 5.13 Å². The molecule has 1 atom stereocenters. The minimum absolute atomic E-state index is 0.0147. The lowest BCUT2D eigenvalue weighted by molar-refractivity contribution is -0.132. The number of rotatable bonds is 5. The van der Waals surface area contributed by atoms with Crippen molar-refractivity contribution in [3.05, 3.63) is 89.0 Å². The molecule has 8 heteroatoms. The second kappa shape index (κ2) is 8.88. The summed E-state index contributed by atoms with van der Waals surface area (Å²) in [5, 5.41) is 11.6. The number of ether oxygens (including phenoxy) is 2. The maximum absolute atomic E-state index is 13.4. The lowest BCUT2D eigenvalue weighted by atomic mass is 9.95. The van der Waals surface area contributed by atoms with E-state index < -0.39 is 17.7 Å². The van der Waals surface area contributed by atoms with Gasteiger partial charge in [-0.2, -0.15) is 0 Å². The summed E-state index contributed by atoms with van der Waals surface area (Å²) in [6, 6.07) is 18.8. The molecule has 5 rings (SSSR count). The van der Waals surface area contributed by atoms with Crippen molar-refractivity contribution in [1.29, 1.82) is 0 Å². The molecular weight excluding hydrogens is 464 g/mol. The quantitative estimate of drug-likeness (QED) is 0.236. The monoisotopic (exact) mass is 486 g/mol. The lowest BCUT2D eigenvalue weighted by Crippen LogP contribution is -2.29. The molecule has 2 heterocycles. The van der Waals surface area contributed by atoms with Crippen LogP contribution in [-0.2, 0) is 9.59 Å². The molecule has 1 amide bonds. The Balaban J connectivity index is 1.70. The number of nitrogens with zero attached hydrogens (tertiary/aromatic N) is 2. The van der Waals surface area contributed by atoms with E-state index >= 15 is 0 Å². The van der Waals surface area contributed by atoms with Crippen molar-refractivity contribution in [2.45, 2.75) is 13.0 Å². The molecule has 3 aromatic carbocycles. The Morgan fingerprint density at radius 2 is 1.60 bits per heavy atom. The predicted molar refractivity (Wildman–Crippen MR) is 135 cm³/mol. The number of aliphatic hydroxyl groups excluding tert-OH is 1. The number of methoxy groups -OCH3 is 2. The van der Waals surface area contributed by atoms with E-state index in [-0.39, 0.29) is 11.3 Å². The normalized spacial score (nSPS) is 17.2. The maximum Gasteiger partial charge on any atom is 0.301 e. The van der Waals surface area contributed by atoms with Crippen LogP contribution in [0, 0.1) is 6.92 Å². The van der Waals surface area contributed by atoms with E-state index in [1.165, 1.54) is 16.2 Å². The summed E-state index contributed by atoms with van der Waals surface area (Å²) in [5.41, 5.74) is 2.82. The zero-order valence-corrected chi connectivity index (χ0v) is 20.1. The molecular formula is C27H22N2O5S. The van der Waals surface area contributed by atoms with Crippen molar-refractivity contribution < 1.29 is 24.2 Å². The van der Waals surface area contributed by atoms with Gasteiger partial charge in [-0.3, -0.25) is 14.5 Å². The molecule has 0 aliphatic carbocycles. The average Bonchev–Trinajstić information content (AvgIpc) is 3.41. The van der Waals surface area contributed by atoms with Crippen LogP contribution < -0.4 is 14.4 Å². The van der Waals surface area contributed by atoms with Crippen LogP contribution in [0.2, 0.25) is 0 Å². The van der Waals surface area contributed by atoms with Gasteiger partial charge >= 0.3 is 5.91 Å². The molecule has 1 fully saturated rings. The van der Waals surface area contributed by atoms with E-state index in [0.29, 0.717) is 33.3 Å². The zero-order chi connectivity index (χ0) is 24.7. The van der Waals surface area contributed by atoms with Crippen LogP contribution in [0.3, 0.4) is 0 Å². The van der Waals surface area contributed by atoms with E-state index in [2.05, 4.69) is 4.98 Å². The Morgan fingerprint density at radius 1 is 0.943 bits per heavy atom. The molecule has 0 radical (unpaired) electrons. The molecule has 0 saturated carbocycles. The summed E-state index contributed by atoms with van der Waals surface area (Å²) in [6.07, 6.45) is 0. The number of aromatic nitrogens is 1. The van der Waals surface area contributed by atoms with Crippen molar-refractivity contribution in [2.24, 2.45) is 0 Å². The van der Waals surface area contributed by atoms with Gasteiger partial charge in [0.15, 0.2) is 5.13 Å². The molecule has 0 spiro atoms. The summed E-state index contributed by atoms with van der Waals surface area (Å²) in [4.78, 5) is 32.7. The van der Waals surface area contributed by atoms with E-state index in [9.17, 15) is 14.7 Å². The molecule has 1 saturated heterocycles. The molecule has 1 aromatic heterocycles. The van der Waals surface area contributed by atoms with Gasteiger partial charge in [0.05, 0.1) is 36.1 Å². The number of thiazole rings is 1. The number of carbonyl (C=O) groups excluding carboxylic acids is 2. The molecule has 4 aromatic rings. The summed E-state index contributed by atoms with van der Waals surface area (Å²) < 4.78 is 11.4. The van der Waals surface area contributed by atoms with Gasteiger partial charge < -0.3 is 14.6 Å². The first-order valence-corrected chi connectivity index (χ1v) is 11.7. The second-order valence-electron chi connectivity index (χ2n) is 8.14. The van der Waals surface area contributed by atoms with E-state index in [0.717, 1.165) is 10.3 Å². The van der Waals surface area contributed by atoms with Crippen LogP contribution in [0.15, 0.2) is 72.3 Å². The minimum Gasteiger partial charge on any atom is -0.507 e. The fraction of sp³-hybridized carbons (Fsp3) is 0.148. The highest BCUT2D eigenvalue weighted by molar-refractivity contribution is 7.22. The first-order chi connectivity index (χ1) is 16.9. The van der Waals surface area contributed by atoms with Gasteiger partial charge in [0.1, 0.15) is 17.3 Å². The van der Waals surface area contributed by atoms with Gasteiger partial charge in [0, 0.05) is 5.56 Å². The largest absolute Gasteiger partial charge is 0.507 e. The molecule has 1 N–H and O–H groups in total. The number of hydrogen-bond donors (Lipinski definition) is 1. The van der Waals surface area contributed by atoms with Crippen LogP contribution in [0.25, 0.3) is 16.0 Å². The highest BCUT2D eigenvalue weighted by atomic mass is 32.1. The third-order valence-corrected chi connectivity index (χ3v) is 7.01. The van der Waals surface area contributed by atoms with Crippen molar-refractivity contribution in [3.8, 4) is 11.5 Å². The number of benzene rings is 3. The Morgan fingerprint density at radius 3 is 2.26 bits per heavy atom. The first-order valence-electron chi connectivity index (χ1n) is 10.9. The van der Waals surface area contributed by atoms with Crippen molar-refractivity contribution in [3.63, 3.8) is 0 Å². The Hall–Kier alpha value is -4.17. The SMILES string of the molecule is COc1ccc([C@H]2/C(=C(\O)c3ccc(C)cc3)C(=O)C(=O)N2c2nc3ccc(OC)cc3s2)cc1. The van der Waals surface area contributed by atoms with E-state index in [1.54, 1.807) is 62.8 Å². The highest BCUT2D eigenvalue weighted by Gasteiger charge is 2.48. The van der Waals surface area contributed by atoms with E-state index in [4.69, 9.17) is 9.47 Å². The summed E-state index contributed by atoms with van der Waals surface area (Å²) in [7, 11) is 3.14. The number of aliphatic hydroxyl groups is 1. The van der Waals surface area contributed by atoms with Crippen LogP contribution in [0.5, 0.6) is 11.5 Å². The maximum atomic E-state index is 13.4. The summed E-state index contributed by atoms with van der Waals surface area (Å²) in [6.45, 7) is 1.93. The Kier molecular flexibility index (Phi) is 5.74. The molecule has 176 valence electrons. The van der Waals surface area contributed by atoms with Gasteiger partial charge in [-0.1, -0.05) is 53.3 Å². The topological polar surface area (TPSA) is 89.0 Å². The smallest absolute Gasteiger partial charge is 0.301 e. The van der Waals surface area contributed by atoms with E-state index in [1.807, 2.05) is 25.1 Å². The molecule has 0 bridgehead atoms. The Bertz CT molecular complexity index is 1470. The number of anilines is 1. The summed E-state index contributed by atoms with van der Waals surface area (Å²) >= 11 is 1.28. The molecule has 1 aliphatic rings. The number of fused-ring (bicyclic) bond motifs is 1. The van der Waals surface area contributed by atoms with Crippen LogP contribution in [-0.4, -0.2) is 36.0 Å². The molecule has 35 heavy (non-hydrogen) atoms. The lowest BCUT2D eigenvalue weighted by Gasteiger charge is -2.23. The van der Waals surface area contributed by atoms with Crippen LogP contribution >= 0.6 is 11.3 Å². The number of Topliss-reactive ketones (excluding diaryl/α,β-unsaturated/α-hetero) is 1. The van der Waals surface area contributed by atoms with Gasteiger partial charge in [-0.15, -0.1) is 0 Å². The fourth-order valence-electron chi connectivity index (χ4n) is 4.12. The second-order valence-corrected chi connectivity index (χ2v) is 9.15. The van der Waals surface area contributed by atoms with Gasteiger partial charge in [0.2, 0.25) is 0 Å². The average molecular weight is 487 g/mol. The number of carbonyl (C=O) groups is 2. The van der Waals surface area contributed by atoms with Gasteiger partial charge in [-0.05, 0) is 42.8 Å². The van der Waals surface area contributed by atoms with Crippen LogP contribution in [0.1, 0.15) is 22.7 Å². The fourth-order valence-corrected chi connectivity index (χ4v) is 5.14. The number of aryl methyl sites for hydroxylation is 1. The zero-order valence-electron chi connectivity index (χ0n) is 19.3. The number of hydrogen-bond acceptors (Lipinski definition) is 7. The third kappa shape index (κ3) is 3.91.